The van der Waals surface area contributed by atoms with Crippen molar-refractivity contribution in [3.8, 4) is 5.75 Å². The molecule has 0 heterocycles. The van der Waals surface area contributed by atoms with E-state index in [4.69, 9.17) is 21.5 Å². The lowest BCUT2D eigenvalue weighted by atomic mass is 10.1. The lowest BCUT2D eigenvalue weighted by Crippen LogP contribution is -1.99. The van der Waals surface area contributed by atoms with Crippen molar-refractivity contribution in [3.63, 3.8) is 0 Å². The van der Waals surface area contributed by atoms with Crippen LogP contribution in [0.15, 0.2) is 47.6 Å². The molecule has 2 aromatic carbocycles. The zero-order chi connectivity index (χ0) is 15.2. The van der Waals surface area contributed by atoms with E-state index < -0.39 is 0 Å². The molecule has 0 atom stereocenters. The van der Waals surface area contributed by atoms with E-state index in [1.807, 2.05) is 24.3 Å². The third-order valence-electron chi connectivity index (χ3n) is 2.96. The fourth-order valence-corrected chi connectivity index (χ4v) is 2.06. The second kappa shape index (κ2) is 7.09. The Hall–Kier alpha value is -2.07. The fraction of sp³-hybridized carbons (Fsp3) is 0.188. The minimum absolute atomic E-state index is 0.273. The summed E-state index contributed by atoms with van der Waals surface area (Å²) in [4.78, 5) is 0. The van der Waals surface area contributed by atoms with Crippen LogP contribution >= 0.6 is 11.6 Å². The monoisotopic (exact) mass is 307 g/mol. The van der Waals surface area contributed by atoms with Gasteiger partial charge in [0.25, 0.3) is 0 Å². The number of halogens is 2. The molecule has 110 valence electrons. The largest absolute Gasteiger partial charge is 0.489 e. The number of oxime groups is 1. The Morgan fingerprint density at radius 2 is 1.95 bits per heavy atom. The maximum Gasteiger partial charge on any atom is 0.124 e. The van der Waals surface area contributed by atoms with Crippen molar-refractivity contribution in [2.24, 2.45) is 5.16 Å². The first-order valence-corrected chi connectivity index (χ1v) is 6.79. The molecular weight excluding hydrogens is 293 g/mol. The van der Waals surface area contributed by atoms with E-state index in [1.165, 1.54) is 12.1 Å². The zero-order valence-electron chi connectivity index (χ0n) is 11.5. The van der Waals surface area contributed by atoms with Gasteiger partial charge in [-0.3, -0.25) is 0 Å². The number of hydrogen-bond donors (Lipinski definition) is 1. The third kappa shape index (κ3) is 4.46. The van der Waals surface area contributed by atoms with Crippen molar-refractivity contribution in [2.75, 3.05) is 0 Å². The Morgan fingerprint density at radius 3 is 2.57 bits per heavy atom. The molecule has 0 saturated heterocycles. The van der Waals surface area contributed by atoms with Crippen molar-refractivity contribution in [1.29, 1.82) is 0 Å². The van der Waals surface area contributed by atoms with Gasteiger partial charge in [0, 0.05) is 12.0 Å². The van der Waals surface area contributed by atoms with Gasteiger partial charge in [-0.2, -0.15) is 0 Å². The highest BCUT2D eigenvalue weighted by atomic mass is 35.5. The van der Waals surface area contributed by atoms with Crippen LogP contribution in [-0.4, -0.2) is 10.9 Å². The summed E-state index contributed by atoms with van der Waals surface area (Å²) < 4.78 is 18.5. The molecule has 0 bridgehead atoms. The zero-order valence-corrected chi connectivity index (χ0v) is 12.3. The predicted molar refractivity (Wildman–Crippen MR) is 80.8 cm³/mol. The van der Waals surface area contributed by atoms with E-state index in [0.29, 0.717) is 22.9 Å². The second-order valence-electron chi connectivity index (χ2n) is 4.68. The smallest absolute Gasteiger partial charge is 0.124 e. The van der Waals surface area contributed by atoms with Crippen molar-refractivity contribution in [2.45, 2.75) is 20.0 Å². The van der Waals surface area contributed by atoms with Gasteiger partial charge in [-0.1, -0.05) is 35.0 Å². The van der Waals surface area contributed by atoms with Crippen molar-refractivity contribution < 1.29 is 14.3 Å². The molecule has 0 saturated carbocycles. The standard InChI is InChI=1S/C16H15ClFNO2/c1-11(19-20)8-12-2-6-15(7-3-12)21-10-13-4-5-14(18)9-16(13)17/h2-7,9,20H,8,10H2,1H3/b19-11-. The van der Waals surface area contributed by atoms with Gasteiger partial charge in [0.1, 0.15) is 18.2 Å². The predicted octanol–water partition coefficient (Wildman–Crippen LogP) is 4.45. The topological polar surface area (TPSA) is 41.8 Å². The first-order chi connectivity index (χ1) is 10.1. The number of ether oxygens (including phenoxy) is 1. The van der Waals surface area contributed by atoms with Gasteiger partial charge in [0.2, 0.25) is 0 Å². The van der Waals surface area contributed by atoms with E-state index in [-0.39, 0.29) is 12.4 Å². The highest BCUT2D eigenvalue weighted by Crippen LogP contribution is 2.20. The molecule has 1 N–H and O–H groups in total. The number of benzene rings is 2. The quantitative estimate of drug-likeness (QED) is 0.504. The molecule has 0 aromatic heterocycles. The summed E-state index contributed by atoms with van der Waals surface area (Å²) in [7, 11) is 0. The summed E-state index contributed by atoms with van der Waals surface area (Å²) in [5.41, 5.74) is 2.39. The second-order valence-corrected chi connectivity index (χ2v) is 5.09. The van der Waals surface area contributed by atoms with E-state index >= 15 is 0 Å². The van der Waals surface area contributed by atoms with Crippen LogP contribution in [0.4, 0.5) is 4.39 Å². The molecule has 3 nitrogen and oxygen atoms in total. The highest BCUT2D eigenvalue weighted by molar-refractivity contribution is 6.31. The van der Waals surface area contributed by atoms with Crippen LogP contribution in [0.1, 0.15) is 18.1 Å². The Labute approximate surface area is 127 Å². The van der Waals surface area contributed by atoms with Crippen LogP contribution in [0, 0.1) is 5.82 Å². The van der Waals surface area contributed by atoms with E-state index in [2.05, 4.69) is 5.16 Å². The molecule has 2 aromatic rings. The van der Waals surface area contributed by atoms with Gasteiger partial charge >= 0.3 is 0 Å². The molecule has 0 amide bonds. The molecule has 0 spiro atoms. The summed E-state index contributed by atoms with van der Waals surface area (Å²) in [5, 5.41) is 12.1. The number of hydrogen-bond acceptors (Lipinski definition) is 3. The van der Waals surface area contributed by atoms with E-state index in [1.54, 1.807) is 13.0 Å². The van der Waals surface area contributed by atoms with Crippen LogP contribution in [0.2, 0.25) is 5.02 Å². The van der Waals surface area contributed by atoms with Gasteiger partial charge in [0.15, 0.2) is 0 Å². The molecule has 0 aliphatic carbocycles. The van der Waals surface area contributed by atoms with Gasteiger partial charge in [-0.15, -0.1) is 0 Å². The van der Waals surface area contributed by atoms with Crippen molar-refractivity contribution in [1.82, 2.24) is 0 Å². The van der Waals surface area contributed by atoms with Crippen LogP contribution in [0.5, 0.6) is 5.75 Å². The van der Waals surface area contributed by atoms with Crippen LogP contribution in [0.25, 0.3) is 0 Å². The molecule has 0 aliphatic heterocycles. The summed E-state index contributed by atoms with van der Waals surface area (Å²) in [5.74, 6) is 0.326. The van der Waals surface area contributed by atoms with Crippen LogP contribution < -0.4 is 4.74 Å². The van der Waals surface area contributed by atoms with Gasteiger partial charge in [0.05, 0.1) is 10.7 Å². The summed E-state index contributed by atoms with van der Waals surface area (Å²) >= 11 is 5.94. The molecule has 5 heteroatoms. The third-order valence-corrected chi connectivity index (χ3v) is 3.32. The van der Waals surface area contributed by atoms with Gasteiger partial charge in [-0.25, -0.2) is 4.39 Å². The maximum absolute atomic E-state index is 12.9. The van der Waals surface area contributed by atoms with Gasteiger partial charge < -0.3 is 9.94 Å². The minimum atomic E-state index is -0.367. The molecule has 0 aliphatic rings. The lowest BCUT2D eigenvalue weighted by molar-refractivity contribution is 0.306. The Bertz CT molecular complexity index is 641. The SMILES string of the molecule is C/C(Cc1ccc(OCc2ccc(F)cc2Cl)cc1)=N/O. The molecule has 21 heavy (non-hydrogen) atoms. The van der Waals surface area contributed by atoms with E-state index in [9.17, 15) is 4.39 Å². The van der Waals surface area contributed by atoms with Crippen LogP contribution in [-0.2, 0) is 13.0 Å². The Morgan fingerprint density at radius 1 is 1.24 bits per heavy atom. The minimum Gasteiger partial charge on any atom is -0.489 e. The average molecular weight is 308 g/mol. The molecule has 2 rings (SSSR count). The molecule has 0 fully saturated rings. The summed E-state index contributed by atoms with van der Waals surface area (Å²) in [6.07, 6.45) is 0.584. The first kappa shape index (κ1) is 15.3. The molecular formula is C16H15ClFNO2. The normalized spacial score (nSPS) is 11.5. The Kier molecular flexibility index (Phi) is 5.17. The fourth-order valence-electron chi connectivity index (χ4n) is 1.83. The van der Waals surface area contributed by atoms with Crippen molar-refractivity contribution in [3.05, 3.63) is 64.4 Å². The number of rotatable bonds is 5. The lowest BCUT2D eigenvalue weighted by Gasteiger charge is -2.08. The first-order valence-electron chi connectivity index (χ1n) is 6.41. The molecule has 0 radical (unpaired) electrons. The molecule has 0 unspecified atom stereocenters. The average Bonchev–Trinajstić information content (AvgIpc) is 2.48. The van der Waals surface area contributed by atoms with E-state index in [0.717, 1.165) is 11.1 Å². The maximum atomic E-state index is 12.9. The number of nitrogens with zero attached hydrogens (tertiary/aromatic N) is 1. The van der Waals surface area contributed by atoms with Gasteiger partial charge in [-0.05, 0) is 36.8 Å². The van der Waals surface area contributed by atoms with Crippen LogP contribution in [0.3, 0.4) is 0 Å². The van der Waals surface area contributed by atoms with Crippen molar-refractivity contribution >= 4 is 17.3 Å². The summed E-state index contributed by atoms with van der Waals surface area (Å²) in [6.45, 7) is 2.02. The highest BCUT2D eigenvalue weighted by Gasteiger charge is 2.04. The Balaban J connectivity index is 1.97. The summed E-state index contributed by atoms with van der Waals surface area (Å²) in [6, 6.07) is 11.7.